The number of carbonyl (C=O) groups is 2. The van der Waals surface area contributed by atoms with Crippen molar-refractivity contribution in [3.8, 4) is 0 Å². The molecule has 2 N–H and O–H groups in total. The van der Waals surface area contributed by atoms with E-state index in [2.05, 4.69) is 15.0 Å². The van der Waals surface area contributed by atoms with Gasteiger partial charge in [-0.05, 0) is 12.5 Å². The summed E-state index contributed by atoms with van der Waals surface area (Å²) in [7, 11) is 0. The highest BCUT2D eigenvalue weighted by atomic mass is 16.4. The van der Waals surface area contributed by atoms with E-state index in [4.69, 9.17) is 5.11 Å². The molecule has 1 saturated heterocycles. The molecule has 0 saturated carbocycles. The largest absolute Gasteiger partial charge is 0.465 e. The lowest BCUT2D eigenvalue weighted by Gasteiger charge is -2.34. The van der Waals surface area contributed by atoms with Crippen molar-refractivity contribution in [2.45, 2.75) is 6.92 Å². The summed E-state index contributed by atoms with van der Waals surface area (Å²) in [6, 6.07) is 7.46. The van der Waals surface area contributed by atoms with Gasteiger partial charge in [-0.2, -0.15) is 0 Å². The van der Waals surface area contributed by atoms with Gasteiger partial charge in [-0.3, -0.25) is 4.79 Å². The van der Waals surface area contributed by atoms with Gasteiger partial charge in [-0.1, -0.05) is 24.3 Å². The summed E-state index contributed by atoms with van der Waals surface area (Å²) in [6.45, 7) is 3.73. The number of H-pyrrole nitrogens is 1. The smallest absolute Gasteiger partial charge is 0.407 e. The molecule has 2 aromatic heterocycles. The van der Waals surface area contributed by atoms with E-state index in [1.165, 1.54) is 11.2 Å². The van der Waals surface area contributed by atoms with Gasteiger partial charge in [0, 0.05) is 37.9 Å². The summed E-state index contributed by atoms with van der Waals surface area (Å²) in [6.07, 6.45) is 2.21. The van der Waals surface area contributed by atoms with Crippen LogP contribution in [0, 0.1) is 6.92 Å². The van der Waals surface area contributed by atoms with E-state index < -0.39 is 6.09 Å². The first-order valence-electron chi connectivity index (χ1n) is 8.71. The maximum atomic E-state index is 13.1. The van der Waals surface area contributed by atoms with Crippen LogP contribution in [0.3, 0.4) is 0 Å². The number of fused-ring (bicyclic) bond motifs is 1. The molecule has 1 aliphatic heterocycles. The van der Waals surface area contributed by atoms with E-state index in [0.717, 1.165) is 5.56 Å². The number of nitrogens with one attached hydrogen (secondary N) is 1. The van der Waals surface area contributed by atoms with E-state index in [0.29, 0.717) is 54.2 Å². The Bertz CT molecular complexity index is 1020. The molecule has 0 radical (unpaired) electrons. The highest BCUT2D eigenvalue weighted by Gasteiger charge is 2.26. The molecule has 0 bridgehead atoms. The first-order chi connectivity index (χ1) is 13.1. The predicted molar refractivity (Wildman–Crippen MR) is 100 cm³/mol. The SMILES string of the molecule is Cc1ccccc1C(=O)c1c[nH]c2ncnc(N3CCN(C(=O)O)CC3)c12. The van der Waals surface area contributed by atoms with Crippen LogP contribution in [0.5, 0.6) is 0 Å². The third-order valence-electron chi connectivity index (χ3n) is 4.93. The summed E-state index contributed by atoms with van der Waals surface area (Å²) in [5.41, 5.74) is 2.67. The molecule has 1 aromatic carbocycles. The van der Waals surface area contributed by atoms with Crippen LogP contribution in [-0.2, 0) is 0 Å². The van der Waals surface area contributed by atoms with Gasteiger partial charge in [0.05, 0.1) is 10.9 Å². The molecule has 27 heavy (non-hydrogen) atoms. The van der Waals surface area contributed by atoms with Crippen LogP contribution < -0.4 is 4.90 Å². The molecule has 0 unspecified atom stereocenters. The van der Waals surface area contributed by atoms with Crippen LogP contribution >= 0.6 is 0 Å². The minimum Gasteiger partial charge on any atom is -0.465 e. The number of nitrogens with zero attached hydrogens (tertiary/aromatic N) is 4. The van der Waals surface area contributed by atoms with Crippen molar-refractivity contribution < 1.29 is 14.7 Å². The average Bonchev–Trinajstić information content (AvgIpc) is 3.12. The van der Waals surface area contributed by atoms with Gasteiger partial charge in [-0.15, -0.1) is 0 Å². The Morgan fingerprint density at radius 3 is 2.52 bits per heavy atom. The third kappa shape index (κ3) is 2.99. The van der Waals surface area contributed by atoms with Crippen LogP contribution in [0.2, 0.25) is 0 Å². The quantitative estimate of drug-likeness (QED) is 0.691. The van der Waals surface area contributed by atoms with Gasteiger partial charge >= 0.3 is 6.09 Å². The number of aryl methyl sites for hydroxylation is 1. The van der Waals surface area contributed by atoms with Gasteiger partial charge in [0.2, 0.25) is 0 Å². The molecule has 0 atom stereocenters. The van der Waals surface area contributed by atoms with Crippen molar-refractivity contribution in [1.82, 2.24) is 19.9 Å². The molecule has 3 aromatic rings. The van der Waals surface area contributed by atoms with Crippen molar-refractivity contribution in [2.24, 2.45) is 0 Å². The average molecular weight is 365 g/mol. The minimum absolute atomic E-state index is 0.0837. The fraction of sp³-hybridized carbons (Fsp3) is 0.263. The summed E-state index contributed by atoms with van der Waals surface area (Å²) in [5, 5.41) is 9.81. The monoisotopic (exact) mass is 365 g/mol. The Labute approximate surface area is 155 Å². The number of anilines is 1. The number of carbonyl (C=O) groups excluding carboxylic acids is 1. The highest BCUT2D eigenvalue weighted by Crippen LogP contribution is 2.29. The third-order valence-corrected chi connectivity index (χ3v) is 4.93. The Morgan fingerprint density at radius 1 is 1.07 bits per heavy atom. The van der Waals surface area contributed by atoms with Crippen LogP contribution in [0.4, 0.5) is 10.6 Å². The first kappa shape index (κ1) is 17.0. The topological polar surface area (TPSA) is 102 Å². The van der Waals surface area contributed by atoms with Crippen LogP contribution in [0.25, 0.3) is 11.0 Å². The standard InChI is InChI=1S/C19H19N5O3/c1-12-4-2-3-5-13(12)16(25)14-10-20-17-15(14)18(22-11-21-17)23-6-8-24(9-7-23)19(26)27/h2-5,10-11H,6-9H2,1H3,(H,26,27)(H,20,21,22). The fourth-order valence-corrected chi connectivity index (χ4v) is 3.45. The van der Waals surface area contributed by atoms with Gasteiger partial charge in [0.15, 0.2) is 5.78 Å². The Balaban J connectivity index is 1.74. The summed E-state index contributed by atoms with van der Waals surface area (Å²) in [4.78, 5) is 39.4. The summed E-state index contributed by atoms with van der Waals surface area (Å²) < 4.78 is 0. The van der Waals surface area contributed by atoms with Gasteiger partial charge in [0.25, 0.3) is 0 Å². The van der Waals surface area contributed by atoms with Crippen LogP contribution in [0.1, 0.15) is 21.5 Å². The number of hydrogen-bond acceptors (Lipinski definition) is 5. The van der Waals surface area contributed by atoms with Crippen molar-refractivity contribution >= 4 is 28.7 Å². The molecule has 8 nitrogen and oxygen atoms in total. The molecule has 0 aliphatic carbocycles. The minimum atomic E-state index is -0.917. The van der Waals surface area contributed by atoms with Crippen molar-refractivity contribution in [3.63, 3.8) is 0 Å². The lowest BCUT2D eigenvalue weighted by Crippen LogP contribution is -2.48. The number of aromatic amines is 1. The second-order valence-corrected chi connectivity index (χ2v) is 6.52. The fourth-order valence-electron chi connectivity index (χ4n) is 3.45. The lowest BCUT2D eigenvalue weighted by atomic mass is 9.99. The zero-order chi connectivity index (χ0) is 19.0. The summed E-state index contributed by atoms with van der Waals surface area (Å²) in [5.74, 6) is 0.572. The lowest BCUT2D eigenvalue weighted by molar-refractivity contribution is 0.103. The molecule has 1 aliphatic rings. The van der Waals surface area contributed by atoms with E-state index >= 15 is 0 Å². The van der Waals surface area contributed by atoms with E-state index in [9.17, 15) is 9.59 Å². The number of piperazine rings is 1. The van der Waals surface area contributed by atoms with E-state index in [1.54, 1.807) is 6.20 Å². The predicted octanol–water partition coefficient (Wildman–Crippen LogP) is 2.30. The van der Waals surface area contributed by atoms with Crippen molar-refractivity contribution in [3.05, 3.63) is 53.5 Å². The number of amides is 1. The molecular weight excluding hydrogens is 346 g/mol. The zero-order valence-electron chi connectivity index (χ0n) is 14.8. The molecule has 1 fully saturated rings. The molecule has 8 heteroatoms. The highest BCUT2D eigenvalue weighted by molar-refractivity contribution is 6.18. The van der Waals surface area contributed by atoms with Gasteiger partial charge < -0.3 is 19.9 Å². The van der Waals surface area contributed by atoms with Gasteiger partial charge in [-0.25, -0.2) is 14.8 Å². The zero-order valence-corrected chi connectivity index (χ0v) is 14.8. The van der Waals surface area contributed by atoms with E-state index in [1.807, 2.05) is 36.1 Å². The maximum absolute atomic E-state index is 13.1. The maximum Gasteiger partial charge on any atom is 0.407 e. The van der Waals surface area contributed by atoms with Gasteiger partial charge in [0.1, 0.15) is 17.8 Å². The Kier molecular flexibility index (Phi) is 4.23. The number of carboxylic acid groups (broad SMARTS) is 1. The number of hydrogen-bond donors (Lipinski definition) is 2. The molecule has 3 heterocycles. The van der Waals surface area contributed by atoms with Crippen LogP contribution in [0.15, 0.2) is 36.8 Å². The normalized spacial score (nSPS) is 14.6. The Hall–Kier alpha value is -3.42. The number of aromatic nitrogens is 3. The molecule has 4 rings (SSSR count). The second kappa shape index (κ2) is 6.71. The number of rotatable bonds is 3. The Morgan fingerprint density at radius 2 is 1.81 bits per heavy atom. The van der Waals surface area contributed by atoms with E-state index in [-0.39, 0.29) is 5.78 Å². The molecule has 1 amide bonds. The summed E-state index contributed by atoms with van der Waals surface area (Å²) >= 11 is 0. The molecule has 138 valence electrons. The van der Waals surface area contributed by atoms with Crippen LogP contribution in [-0.4, -0.2) is 63.0 Å². The van der Waals surface area contributed by atoms with Crippen molar-refractivity contribution in [2.75, 3.05) is 31.1 Å². The number of benzene rings is 1. The number of ketones is 1. The second-order valence-electron chi connectivity index (χ2n) is 6.52. The first-order valence-corrected chi connectivity index (χ1v) is 8.71. The van der Waals surface area contributed by atoms with Crippen molar-refractivity contribution in [1.29, 1.82) is 0 Å². The molecule has 0 spiro atoms. The molecular formula is C19H19N5O3.